The van der Waals surface area contributed by atoms with Crippen LogP contribution in [0.2, 0.25) is 0 Å². The number of benzene rings is 2. The average molecular weight is 254 g/mol. The highest BCUT2D eigenvalue weighted by Crippen LogP contribution is 2.31. The van der Waals surface area contributed by atoms with Crippen LogP contribution in [-0.2, 0) is 0 Å². The van der Waals surface area contributed by atoms with Crippen molar-refractivity contribution in [1.29, 1.82) is 0 Å². The molecule has 0 aliphatic carbocycles. The van der Waals surface area contributed by atoms with Crippen LogP contribution in [0.3, 0.4) is 0 Å². The first-order valence-corrected chi connectivity index (χ1v) is 5.81. The fourth-order valence-electron chi connectivity index (χ4n) is 1.91. The largest absolute Gasteiger partial charge is 0.455 e. The van der Waals surface area contributed by atoms with Crippen LogP contribution >= 0.6 is 0 Å². The Hall–Kier alpha value is -2.62. The summed E-state index contributed by atoms with van der Waals surface area (Å²) in [4.78, 5) is 4.26. The summed E-state index contributed by atoms with van der Waals surface area (Å²) >= 11 is 0. The number of fused-ring (bicyclic) bond motifs is 1. The fraction of sp³-hybridized carbons (Fsp3) is 0. The maximum atomic E-state index is 13.1. The summed E-state index contributed by atoms with van der Waals surface area (Å²) in [5.74, 6) is 0.636. The van der Waals surface area contributed by atoms with Gasteiger partial charge in [-0.25, -0.2) is 4.39 Å². The SMILES string of the molecule is Nc1ccc(Oc2cccc(F)c2)c2ncccc12. The maximum absolute atomic E-state index is 13.1. The Morgan fingerprint density at radius 1 is 1.05 bits per heavy atom. The van der Waals surface area contributed by atoms with E-state index in [1.807, 2.05) is 12.1 Å². The van der Waals surface area contributed by atoms with Crippen molar-refractivity contribution >= 4 is 16.6 Å². The van der Waals surface area contributed by atoms with E-state index in [0.717, 1.165) is 5.39 Å². The number of rotatable bonds is 2. The third kappa shape index (κ3) is 2.20. The first-order chi connectivity index (χ1) is 9.24. The van der Waals surface area contributed by atoms with Crippen LogP contribution < -0.4 is 10.5 Å². The molecule has 0 saturated heterocycles. The highest BCUT2D eigenvalue weighted by molar-refractivity contribution is 5.94. The summed E-state index contributed by atoms with van der Waals surface area (Å²) in [6.07, 6.45) is 1.67. The quantitative estimate of drug-likeness (QED) is 0.708. The molecule has 1 aromatic heterocycles. The van der Waals surface area contributed by atoms with E-state index in [2.05, 4.69) is 4.98 Å². The molecule has 0 aliphatic rings. The molecule has 0 bridgehead atoms. The zero-order valence-corrected chi connectivity index (χ0v) is 10.0. The van der Waals surface area contributed by atoms with Crippen molar-refractivity contribution in [2.24, 2.45) is 0 Å². The van der Waals surface area contributed by atoms with Gasteiger partial charge in [-0.2, -0.15) is 0 Å². The van der Waals surface area contributed by atoms with Crippen molar-refractivity contribution in [3.63, 3.8) is 0 Å². The molecule has 19 heavy (non-hydrogen) atoms. The second-order valence-corrected chi connectivity index (χ2v) is 4.11. The Morgan fingerprint density at radius 2 is 1.95 bits per heavy atom. The van der Waals surface area contributed by atoms with Gasteiger partial charge in [0.15, 0.2) is 5.75 Å². The summed E-state index contributed by atoms with van der Waals surface area (Å²) in [7, 11) is 0. The molecule has 94 valence electrons. The molecular weight excluding hydrogens is 243 g/mol. The molecule has 0 unspecified atom stereocenters. The Labute approximate surface area is 109 Å². The van der Waals surface area contributed by atoms with Crippen LogP contribution in [0, 0.1) is 5.82 Å². The van der Waals surface area contributed by atoms with Gasteiger partial charge in [-0.05, 0) is 36.4 Å². The summed E-state index contributed by atoms with van der Waals surface area (Å²) in [5.41, 5.74) is 7.18. The van der Waals surface area contributed by atoms with E-state index >= 15 is 0 Å². The lowest BCUT2D eigenvalue weighted by atomic mass is 10.1. The molecule has 0 aliphatic heterocycles. The van der Waals surface area contributed by atoms with Crippen molar-refractivity contribution in [3.05, 3.63) is 60.5 Å². The lowest BCUT2D eigenvalue weighted by molar-refractivity contribution is 0.481. The van der Waals surface area contributed by atoms with E-state index < -0.39 is 0 Å². The minimum Gasteiger partial charge on any atom is -0.455 e. The fourth-order valence-corrected chi connectivity index (χ4v) is 1.91. The van der Waals surface area contributed by atoms with Crippen molar-refractivity contribution in [2.45, 2.75) is 0 Å². The number of pyridine rings is 1. The molecule has 0 atom stereocenters. The molecule has 0 amide bonds. The molecule has 3 nitrogen and oxygen atoms in total. The predicted octanol–water partition coefficient (Wildman–Crippen LogP) is 3.75. The Kier molecular flexibility index (Phi) is 2.76. The smallest absolute Gasteiger partial charge is 0.153 e. The van der Waals surface area contributed by atoms with Crippen LogP contribution in [0.15, 0.2) is 54.7 Å². The molecular formula is C15H11FN2O. The topological polar surface area (TPSA) is 48.1 Å². The van der Waals surface area contributed by atoms with Gasteiger partial charge in [0.05, 0.1) is 0 Å². The number of hydrogen-bond donors (Lipinski definition) is 1. The summed E-state index contributed by atoms with van der Waals surface area (Å²) < 4.78 is 18.8. The molecule has 2 aromatic carbocycles. The van der Waals surface area contributed by atoms with E-state index in [1.165, 1.54) is 12.1 Å². The minimum absolute atomic E-state index is 0.342. The van der Waals surface area contributed by atoms with E-state index in [4.69, 9.17) is 10.5 Å². The number of halogens is 1. The van der Waals surface area contributed by atoms with Gasteiger partial charge in [0.2, 0.25) is 0 Å². The van der Waals surface area contributed by atoms with E-state index in [-0.39, 0.29) is 5.82 Å². The number of ether oxygens (including phenoxy) is 1. The van der Waals surface area contributed by atoms with E-state index in [1.54, 1.807) is 30.5 Å². The van der Waals surface area contributed by atoms with Crippen LogP contribution in [-0.4, -0.2) is 4.98 Å². The Morgan fingerprint density at radius 3 is 2.79 bits per heavy atom. The van der Waals surface area contributed by atoms with E-state index in [0.29, 0.717) is 22.7 Å². The van der Waals surface area contributed by atoms with Crippen LogP contribution in [0.25, 0.3) is 10.9 Å². The molecule has 3 aromatic rings. The molecule has 2 N–H and O–H groups in total. The van der Waals surface area contributed by atoms with Crippen molar-refractivity contribution < 1.29 is 9.13 Å². The van der Waals surface area contributed by atoms with Gasteiger partial charge in [-0.3, -0.25) is 4.98 Å². The molecule has 1 heterocycles. The summed E-state index contributed by atoms with van der Waals surface area (Å²) in [6.45, 7) is 0. The second kappa shape index (κ2) is 4.57. The van der Waals surface area contributed by atoms with Gasteiger partial charge < -0.3 is 10.5 Å². The molecule has 4 heteroatoms. The number of nitrogens with two attached hydrogens (primary N) is 1. The first kappa shape index (κ1) is 11.5. The molecule has 0 spiro atoms. The standard InChI is InChI=1S/C15H11FN2O/c16-10-3-1-4-11(9-10)19-14-7-6-13(17)12-5-2-8-18-15(12)14/h1-9H,17H2. The van der Waals surface area contributed by atoms with Gasteiger partial charge in [-0.15, -0.1) is 0 Å². The van der Waals surface area contributed by atoms with Gasteiger partial charge >= 0.3 is 0 Å². The number of nitrogen functional groups attached to an aromatic ring is 1. The minimum atomic E-state index is -0.342. The second-order valence-electron chi connectivity index (χ2n) is 4.11. The monoisotopic (exact) mass is 254 g/mol. The van der Waals surface area contributed by atoms with Crippen LogP contribution in [0.4, 0.5) is 10.1 Å². The number of hydrogen-bond acceptors (Lipinski definition) is 3. The number of aromatic nitrogens is 1. The van der Waals surface area contributed by atoms with Gasteiger partial charge in [0.1, 0.15) is 17.1 Å². The van der Waals surface area contributed by atoms with Gasteiger partial charge in [0.25, 0.3) is 0 Å². The molecule has 0 fully saturated rings. The maximum Gasteiger partial charge on any atom is 0.153 e. The van der Waals surface area contributed by atoms with Gasteiger partial charge in [-0.1, -0.05) is 6.07 Å². The zero-order valence-electron chi connectivity index (χ0n) is 10.0. The zero-order chi connectivity index (χ0) is 13.2. The van der Waals surface area contributed by atoms with Crippen LogP contribution in [0.1, 0.15) is 0 Å². The number of anilines is 1. The molecule has 0 radical (unpaired) electrons. The number of nitrogens with zero attached hydrogens (tertiary/aromatic N) is 1. The summed E-state index contributed by atoms with van der Waals surface area (Å²) in [6, 6.07) is 13.1. The van der Waals surface area contributed by atoms with E-state index in [9.17, 15) is 4.39 Å². The third-order valence-corrected chi connectivity index (χ3v) is 2.79. The molecule has 0 saturated carbocycles. The highest BCUT2D eigenvalue weighted by atomic mass is 19.1. The third-order valence-electron chi connectivity index (χ3n) is 2.79. The lowest BCUT2D eigenvalue weighted by Gasteiger charge is -2.09. The summed E-state index contributed by atoms with van der Waals surface area (Å²) in [5, 5.41) is 0.816. The Balaban J connectivity index is 2.09. The van der Waals surface area contributed by atoms with Crippen molar-refractivity contribution in [3.8, 4) is 11.5 Å². The predicted molar refractivity (Wildman–Crippen MR) is 72.6 cm³/mol. The normalized spacial score (nSPS) is 10.6. The first-order valence-electron chi connectivity index (χ1n) is 5.81. The lowest BCUT2D eigenvalue weighted by Crippen LogP contribution is -1.92. The van der Waals surface area contributed by atoms with Crippen molar-refractivity contribution in [1.82, 2.24) is 4.98 Å². The average Bonchev–Trinajstić information content (AvgIpc) is 2.42. The van der Waals surface area contributed by atoms with Crippen molar-refractivity contribution in [2.75, 3.05) is 5.73 Å². The molecule has 3 rings (SSSR count). The van der Waals surface area contributed by atoms with Crippen LogP contribution in [0.5, 0.6) is 11.5 Å². The van der Waals surface area contributed by atoms with Gasteiger partial charge in [0, 0.05) is 23.3 Å². The Bertz CT molecular complexity index is 743. The highest BCUT2D eigenvalue weighted by Gasteiger charge is 2.07.